The molecule has 1 aromatic rings. The molecule has 3 rings (SSSR count). The van der Waals surface area contributed by atoms with Crippen LogP contribution in [-0.4, -0.2) is 17.3 Å². The first-order valence-corrected chi connectivity index (χ1v) is 5.71. The van der Waals surface area contributed by atoms with Crippen molar-refractivity contribution in [3.05, 3.63) is 30.3 Å². The second-order valence-corrected chi connectivity index (χ2v) is 4.56. The molecule has 4 atom stereocenters. The third-order valence-electron chi connectivity index (χ3n) is 3.39. The Bertz CT molecular complexity index is 341. The van der Waals surface area contributed by atoms with Gasteiger partial charge in [-0.15, -0.1) is 0 Å². The Morgan fingerprint density at radius 2 is 2.00 bits per heavy atom. The highest BCUT2D eigenvalue weighted by Crippen LogP contribution is 2.33. The number of benzene rings is 1. The van der Waals surface area contributed by atoms with Crippen LogP contribution in [0.5, 0.6) is 0 Å². The van der Waals surface area contributed by atoms with E-state index in [1.165, 1.54) is 18.5 Å². The van der Waals surface area contributed by atoms with Crippen LogP contribution in [0.3, 0.4) is 0 Å². The molecule has 0 aliphatic carbocycles. The molecule has 16 heavy (non-hydrogen) atoms. The van der Waals surface area contributed by atoms with E-state index in [9.17, 15) is 0 Å². The zero-order valence-corrected chi connectivity index (χ0v) is 9.39. The van der Waals surface area contributed by atoms with E-state index in [0.29, 0.717) is 18.2 Å². The first kappa shape index (κ1) is 11.4. The highest BCUT2D eigenvalue weighted by molar-refractivity contribution is 5.43. The molecule has 2 heterocycles. The fourth-order valence-corrected chi connectivity index (χ4v) is 2.39. The van der Waals surface area contributed by atoms with Crippen molar-refractivity contribution in [2.75, 3.05) is 5.32 Å². The van der Waals surface area contributed by atoms with Gasteiger partial charge in [0.25, 0.3) is 0 Å². The van der Waals surface area contributed by atoms with Gasteiger partial charge in [-0.3, -0.25) is 4.70 Å². The van der Waals surface area contributed by atoms with Gasteiger partial charge in [0.05, 0.1) is 12.3 Å². The SMILES string of the molecule is CC1CCC2NN2C1Nc1ccccc1.F. The van der Waals surface area contributed by atoms with Crippen molar-refractivity contribution in [3.8, 4) is 0 Å². The zero-order valence-electron chi connectivity index (χ0n) is 9.39. The molecule has 4 unspecified atom stereocenters. The Hall–Kier alpha value is -1.13. The van der Waals surface area contributed by atoms with Crippen LogP contribution in [0.1, 0.15) is 19.8 Å². The second kappa shape index (κ2) is 4.39. The average Bonchev–Trinajstić information content (AvgIpc) is 3.03. The number of nitrogens with one attached hydrogen (secondary N) is 2. The second-order valence-electron chi connectivity index (χ2n) is 4.56. The van der Waals surface area contributed by atoms with Gasteiger partial charge in [0.1, 0.15) is 0 Å². The third-order valence-corrected chi connectivity index (χ3v) is 3.39. The van der Waals surface area contributed by atoms with E-state index in [0.717, 1.165) is 0 Å². The molecule has 0 radical (unpaired) electrons. The zero-order chi connectivity index (χ0) is 10.3. The summed E-state index contributed by atoms with van der Waals surface area (Å²) in [6.45, 7) is 2.32. The molecule has 4 heteroatoms. The maximum absolute atomic E-state index is 3.59. The van der Waals surface area contributed by atoms with E-state index in [2.05, 4.69) is 46.9 Å². The Balaban J connectivity index is 0.000000963. The molecule has 0 bridgehead atoms. The van der Waals surface area contributed by atoms with Gasteiger partial charge in [0, 0.05) is 5.69 Å². The molecule has 2 aliphatic rings. The lowest BCUT2D eigenvalue weighted by Gasteiger charge is -2.29. The van der Waals surface area contributed by atoms with Crippen molar-refractivity contribution in [3.63, 3.8) is 0 Å². The van der Waals surface area contributed by atoms with E-state index >= 15 is 0 Å². The molecule has 3 nitrogen and oxygen atoms in total. The quantitative estimate of drug-likeness (QED) is 0.754. The van der Waals surface area contributed by atoms with Crippen molar-refractivity contribution >= 4 is 5.69 Å². The van der Waals surface area contributed by atoms with Crippen LogP contribution < -0.4 is 10.7 Å². The molecule has 2 N–H and O–H groups in total. The van der Waals surface area contributed by atoms with Crippen molar-refractivity contribution in [1.29, 1.82) is 0 Å². The predicted molar refractivity (Wildman–Crippen MR) is 63.5 cm³/mol. The molecule has 88 valence electrons. The van der Waals surface area contributed by atoms with Gasteiger partial charge in [-0.1, -0.05) is 25.1 Å². The fraction of sp³-hybridized carbons (Fsp3) is 0.500. The Labute approximate surface area is 95.2 Å². The molecule has 2 saturated heterocycles. The molecule has 2 aliphatic heterocycles. The summed E-state index contributed by atoms with van der Waals surface area (Å²) < 4.78 is 0. The van der Waals surface area contributed by atoms with Crippen molar-refractivity contribution in [2.24, 2.45) is 5.92 Å². The standard InChI is InChI=1S/C12H17N3.FH/c1-9-7-8-11-14-15(11)12(9)13-10-5-3-2-4-6-10;/h2-6,9,11-14H,7-8H2,1H3;1H. The van der Waals surface area contributed by atoms with Crippen LogP contribution in [0.2, 0.25) is 0 Å². The van der Waals surface area contributed by atoms with Crippen LogP contribution >= 0.6 is 0 Å². The smallest absolute Gasteiger partial charge is 0.0969 e. The summed E-state index contributed by atoms with van der Waals surface area (Å²) in [5, 5.41) is 5.92. The number of hydrogen-bond donors (Lipinski definition) is 2. The van der Waals surface area contributed by atoms with E-state index in [1.807, 2.05) is 6.07 Å². The van der Waals surface area contributed by atoms with E-state index in [1.54, 1.807) is 0 Å². The summed E-state index contributed by atoms with van der Waals surface area (Å²) in [4.78, 5) is 0. The van der Waals surface area contributed by atoms with Gasteiger partial charge in [-0.2, -0.15) is 0 Å². The Kier molecular flexibility index (Phi) is 3.12. The van der Waals surface area contributed by atoms with Crippen molar-refractivity contribution in [2.45, 2.75) is 32.1 Å². The first-order valence-electron chi connectivity index (χ1n) is 5.71. The van der Waals surface area contributed by atoms with Crippen LogP contribution in [0.15, 0.2) is 30.3 Å². The molecule has 0 saturated carbocycles. The van der Waals surface area contributed by atoms with Gasteiger partial charge in [0.2, 0.25) is 0 Å². The van der Waals surface area contributed by atoms with Crippen LogP contribution in [-0.2, 0) is 0 Å². The van der Waals surface area contributed by atoms with Crippen LogP contribution in [0.25, 0.3) is 0 Å². The van der Waals surface area contributed by atoms with Crippen molar-refractivity contribution < 1.29 is 4.70 Å². The number of halogens is 1. The van der Waals surface area contributed by atoms with Crippen LogP contribution in [0.4, 0.5) is 10.4 Å². The number of nitrogens with zero attached hydrogens (tertiary/aromatic N) is 1. The first-order chi connectivity index (χ1) is 7.34. The maximum Gasteiger partial charge on any atom is 0.0969 e. The molecule has 0 aromatic heterocycles. The lowest BCUT2D eigenvalue weighted by Crippen LogP contribution is -2.39. The van der Waals surface area contributed by atoms with Crippen LogP contribution in [0, 0.1) is 5.92 Å². The lowest BCUT2D eigenvalue weighted by molar-refractivity contribution is 0.234. The summed E-state index contributed by atoms with van der Waals surface area (Å²) in [6.07, 6.45) is 3.67. The van der Waals surface area contributed by atoms with Gasteiger partial charge in [0.15, 0.2) is 0 Å². The number of rotatable bonds is 2. The highest BCUT2D eigenvalue weighted by Gasteiger charge is 2.45. The molecule has 1 aromatic carbocycles. The molecular formula is C12H18FN3. The van der Waals surface area contributed by atoms with Gasteiger partial charge in [-0.05, 0) is 30.9 Å². The predicted octanol–water partition coefficient (Wildman–Crippen LogP) is 2.15. The van der Waals surface area contributed by atoms with E-state index in [-0.39, 0.29) is 4.70 Å². The highest BCUT2D eigenvalue weighted by atomic mass is 19.0. The number of hydrazine groups is 1. The maximum atomic E-state index is 3.59. The number of para-hydroxylation sites is 1. The molecular weight excluding hydrogens is 205 g/mol. The van der Waals surface area contributed by atoms with E-state index in [4.69, 9.17) is 0 Å². The average molecular weight is 223 g/mol. The summed E-state index contributed by atoms with van der Waals surface area (Å²) in [5.41, 5.74) is 4.61. The van der Waals surface area contributed by atoms with Gasteiger partial charge < -0.3 is 5.32 Å². The largest absolute Gasteiger partial charge is 0.368 e. The van der Waals surface area contributed by atoms with Gasteiger partial charge in [-0.25, -0.2) is 10.4 Å². The van der Waals surface area contributed by atoms with Crippen molar-refractivity contribution in [1.82, 2.24) is 10.4 Å². The van der Waals surface area contributed by atoms with E-state index < -0.39 is 0 Å². The number of piperidine rings is 1. The lowest BCUT2D eigenvalue weighted by atomic mass is 9.98. The molecule has 2 fully saturated rings. The minimum absolute atomic E-state index is 0. The number of anilines is 1. The minimum atomic E-state index is 0. The fourth-order valence-electron chi connectivity index (χ4n) is 2.39. The van der Waals surface area contributed by atoms with Gasteiger partial charge >= 0.3 is 0 Å². The summed E-state index contributed by atoms with van der Waals surface area (Å²) >= 11 is 0. The Morgan fingerprint density at radius 1 is 1.25 bits per heavy atom. The minimum Gasteiger partial charge on any atom is -0.368 e. The summed E-state index contributed by atoms with van der Waals surface area (Å²) in [7, 11) is 0. The summed E-state index contributed by atoms with van der Waals surface area (Å²) in [6, 6.07) is 10.4. The normalized spacial score (nSPS) is 35.8. The molecule has 0 spiro atoms. The monoisotopic (exact) mass is 223 g/mol. The Morgan fingerprint density at radius 3 is 2.75 bits per heavy atom. The molecule has 0 amide bonds. The number of fused-ring (bicyclic) bond motifs is 1. The summed E-state index contributed by atoms with van der Waals surface area (Å²) in [5.74, 6) is 0.705. The third kappa shape index (κ3) is 2.03. The topological polar surface area (TPSA) is 37.0 Å². The number of hydrogen-bond acceptors (Lipinski definition) is 3.